The Bertz CT molecular complexity index is 125. The second kappa shape index (κ2) is 4.62. The Morgan fingerprint density at radius 2 is 1.80 bits per heavy atom. The highest BCUT2D eigenvalue weighted by Gasteiger charge is 2.34. The molecular weight excluding hydrogens is 268 g/mol. The van der Waals surface area contributed by atoms with E-state index in [9.17, 15) is 4.79 Å². The average molecular weight is 273 g/mol. The third-order valence-electron chi connectivity index (χ3n) is 0.580. The molecule has 0 fully saturated rings. The van der Waals surface area contributed by atoms with Crippen molar-refractivity contribution in [2.24, 2.45) is 5.73 Å². The van der Waals surface area contributed by atoms with Crippen LogP contribution in [-0.4, -0.2) is 20.9 Å². The first kappa shape index (κ1) is 13.4. The molecule has 3 N–H and O–H groups in total. The molecule has 1 atom stereocenters. The van der Waals surface area contributed by atoms with Gasteiger partial charge >= 0.3 is 0 Å². The molecule has 0 rings (SSSR count). The van der Waals surface area contributed by atoms with E-state index in [0.29, 0.717) is 0 Å². The van der Waals surface area contributed by atoms with Gasteiger partial charge in [0.1, 0.15) is 0 Å². The summed E-state index contributed by atoms with van der Waals surface area (Å²) in [4.78, 5) is 10.1. The molecule has 0 saturated carbocycles. The molecule has 3 nitrogen and oxygen atoms in total. The Kier molecular flexibility index (Phi) is 6.17. The summed E-state index contributed by atoms with van der Waals surface area (Å²) in [7, 11) is 0. The molecule has 0 aromatic heterocycles. The summed E-state index contributed by atoms with van der Waals surface area (Å²) in [5.74, 6) is -1.06. The fourth-order valence-electron chi connectivity index (χ4n) is 0.161. The van der Waals surface area contributed by atoms with Crippen molar-refractivity contribution < 1.29 is 9.90 Å². The SMILES string of the molecule is Br.NC(=O)C(O)C(Cl)(Cl)Cl. The fourth-order valence-corrected chi connectivity index (χ4v) is 0.484. The summed E-state index contributed by atoms with van der Waals surface area (Å²) in [6.45, 7) is 0. The summed E-state index contributed by atoms with van der Waals surface area (Å²) in [6, 6.07) is 0. The summed E-state index contributed by atoms with van der Waals surface area (Å²) >= 11 is 15.2. The van der Waals surface area contributed by atoms with Gasteiger partial charge in [-0.3, -0.25) is 4.79 Å². The minimum Gasteiger partial charge on any atom is -0.379 e. The minimum atomic E-state index is -2.02. The molecule has 0 radical (unpaired) electrons. The average Bonchev–Trinajstić information content (AvgIpc) is 1.62. The molecule has 10 heavy (non-hydrogen) atoms. The van der Waals surface area contributed by atoms with Gasteiger partial charge in [-0.25, -0.2) is 0 Å². The van der Waals surface area contributed by atoms with Crippen molar-refractivity contribution in [1.82, 2.24) is 0 Å². The van der Waals surface area contributed by atoms with Gasteiger partial charge in [0.2, 0.25) is 3.79 Å². The lowest BCUT2D eigenvalue weighted by Crippen LogP contribution is -2.38. The Labute approximate surface area is 83.2 Å². The van der Waals surface area contributed by atoms with E-state index < -0.39 is 15.8 Å². The predicted octanol–water partition coefficient (Wildman–Crippen LogP) is 0.781. The number of carbonyl (C=O) groups excluding carboxylic acids is 1. The third-order valence-corrected chi connectivity index (χ3v) is 1.20. The highest BCUT2D eigenvalue weighted by Crippen LogP contribution is 2.29. The van der Waals surface area contributed by atoms with Crippen molar-refractivity contribution in [1.29, 1.82) is 0 Å². The van der Waals surface area contributed by atoms with E-state index in [0.717, 1.165) is 0 Å². The molecule has 0 saturated heterocycles. The summed E-state index contributed by atoms with van der Waals surface area (Å²) in [5.41, 5.74) is 4.58. The number of nitrogens with two attached hydrogens (primary N) is 1. The summed E-state index contributed by atoms with van der Waals surface area (Å²) < 4.78 is -2.02. The fraction of sp³-hybridized carbons (Fsp3) is 0.667. The molecule has 0 aromatic carbocycles. The van der Waals surface area contributed by atoms with Gasteiger partial charge in [-0.2, -0.15) is 0 Å². The van der Waals surface area contributed by atoms with Gasteiger partial charge < -0.3 is 10.8 Å². The first-order valence-corrected chi connectivity index (χ1v) is 3.03. The number of aliphatic hydroxyl groups excluding tert-OH is 1. The minimum absolute atomic E-state index is 0. The first-order valence-electron chi connectivity index (χ1n) is 1.90. The molecule has 0 aliphatic heterocycles. The van der Waals surface area contributed by atoms with E-state index in [1.165, 1.54) is 0 Å². The molecule has 0 bridgehead atoms. The van der Waals surface area contributed by atoms with Crippen LogP contribution in [-0.2, 0) is 4.79 Å². The zero-order valence-corrected chi connectivity index (χ0v) is 8.53. The van der Waals surface area contributed by atoms with E-state index in [1.54, 1.807) is 0 Å². The number of hydrogen-bond acceptors (Lipinski definition) is 2. The van der Waals surface area contributed by atoms with Gasteiger partial charge in [0.15, 0.2) is 6.10 Å². The highest BCUT2D eigenvalue weighted by molar-refractivity contribution is 8.93. The lowest BCUT2D eigenvalue weighted by Gasteiger charge is -2.14. The van der Waals surface area contributed by atoms with E-state index in [2.05, 4.69) is 5.73 Å². The molecule has 1 amide bonds. The zero-order chi connectivity index (χ0) is 7.65. The number of halogens is 4. The second-order valence-corrected chi connectivity index (χ2v) is 3.72. The summed E-state index contributed by atoms with van der Waals surface area (Å²) in [6.07, 6.45) is -1.75. The van der Waals surface area contributed by atoms with Crippen molar-refractivity contribution in [3.05, 3.63) is 0 Å². The van der Waals surface area contributed by atoms with Crippen LogP contribution in [0.5, 0.6) is 0 Å². The molecule has 1 unspecified atom stereocenters. The molecule has 0 spiro atoms. The topological polar surface area (TPSA) is 63.3 Å². The number of amides is 1. The normalized spacial score (nSPS) is 13.6. The molecule has 62 valence electrons. The number of alkyl halides is 3. The number of primary amides is 1. The van der Waals surface area contributed by atoms with Gasteiger partial charge in [-0.15, -0.1) is 17.0 Å². The van der Waals surface area contributed by atoms with Crippen LogP contribution in [0.1, 0.15) is 0 Å². The van der Waals surface area contributed by atoms with Crippen LogP contribution in [0.3, 0.4) is 0 Å². The van der Waals surface area contributed by atoms with E-state index in [1.807, 2.05) is 0 Å². The van der Waals surface area contributed by atoms with Crippen molar-refractivity contribution in [2.75, 3.05) is 0 Å². The van der Waals surface area contributed by atoms with E-state index >= 15 is 0 Å². The van der Waals surface area contributed by atoms with Gasteiger partial charge in [0.25, 0.3) is 5.91 Å². The van der Waals surface area contributed by atoms with Gasteiger partial charge in [0.05, 0.1) is 0 Å². The zero-order valence-electron chi connectivity index (χ0n) is 4.55. The van der Waals surface area contributed by atoms with Crippen LogP contribution in [0, 0.1) is 0 Å². The van der Waals surface area contributed by atoms with Crippen LogP contribution >= 0.6 is 51.8 Å². The van der Waals surface area contributed by atoms with Crippen LogP contribution < -0.4 is 5.73 Å². The van der Waals surface area contributed by atoms with Crippen molar-refractivity contribution in [3.8, 4) is 0 Å². The number of hydrogen-bond donors (Lipinski definition) is 2. The van der Waals surface area contributed by atoms with E-state index in [-0.39, 0.29) is 17.0 Å². The molecule has 0 aliphatic rings. The monoisotopic (exact) mass is 271 g/mol. The van der Waals surface area contributed by atoms with E-state index in [4.69, 9.17) is 39.9 Å². The predicted molar refractivity (Wildman–Crippen MR) is 45.8 cm³/mol. The maximum absolute atomic E-state index is 10.1. The number of carbonyl (C=O) groups is 1. The molecular formula is C3H5BrCl3NO2. The van der Waals surface area contributed by atoms with Gasteiger partial charge in [-0.1, -0.05) is 34.8 Å². The van der Waals surface area contributed by atoms with Crippen LogP contribution in [0.4, 0.5) is 0 Å². The van der Waals surface area contributed by atoms with Crippen molar-refractivity contribution in [2.45, 2.75) is 9.90 Å². The van der Waals surface area contributed by atoms with Crippen molar-refractivity contribution in [3.63, 3.8) is 0 Å². The smallest absolute Gasteiger partial charge is 0.250 e. The third kappa shape index (κ3) is 4.57. The number of aliphatic hydroxyl groups is 1. The van der Waals surface area contributed by atoms with Crippen LogP contribution in [0.25, 0.3) is 0 Å². The Morgan fingerprint density at radius 1 is 1.50 bits per heavy atom. The maximum atomic E-state index is 10.1. The van der Waals surface area contributed by atoms with Crippen LogP contribution in [0.2, 0.25) is 0 Å². The number of rotatable bonds is 1. The quantitative estimate of drug-likeness (QED) is 0.694. The van der Waals surface area contributed by atoms with Gasteiger partial charge in [-0.05, 0) is 0 Å². The van der Waals surface area contributed by atoms with Crippen LogP contribution in [0.15, 0.2) is 0 Å². The second-order valence-electron chi connectivity index (χ2n) is 1.35. The lowest BCUT2D eigenvalue weighted by atomic mass is 10.4. The Balaban J connectivity index is 0. The first-order chi connectivity index (χ1) is 3.85. The summed E-state index contributed by atoms with van der Waals surface area (Å²) in [5, 5.41) is 8.59. The maximum Gasteiger partial charge on any atom is 0.250 e. The molecule has 0 heterocycles. The molecule has 0 aromatic rings. The van der Waals surface area contributed by atoms with Gasteiger partial charge in [0, 0.05) is 0 Å². The Hall–Kier alpha value is 0.780. The Morgan fingerprint density at radius 3 is 1.80 bits per heavy atom. The highest BCUT2D eigenvalue weighted by atomic mass is 79.9. The largest absolute Gasteiger partial charge is 0.379 e. The molecule has 0 aliphatic carbocycles. The van der Waals surface area contributed by atoms with Crippen molar-refractivity contribution >= 4 is 57.7 Å². The molecule has 7 heteroatoms. The lowest BCUT2D eigenvalue weighted by molar-refractivity contribution is -0.125. The standard InChI is InChI=1S/C3H4Cl3NO2.BrH/c4-3(5,6)1(8)2(7)9;/h1,8H,(H2,7,9);1H.